The highest BCUT2D eigenvalue weighted by molar-refractivity contribution is 7.89. The van der Waals surface area contributed by atoms with Crippen LogP contribution in [0.25, 0.3) is 11.0 Å². The first kappa shape index (κ1) is 21.9. The van der Waals surface area contributed by atoms with Crippen molar-refractivity contribution in [3.8, 4) is 11.5 Å². The summed E-state index contributed by atoms with van der Waals surface area (Å²) in [6.45, 7) is 2.93. The van der Waals surface area contributed by atoms with Gasteiger partial charge >= 0.3 is 0 Å². The molecule has 0 radical (unpaired) electrons. The Balaban J connectivity index is 1.58. The average Bonchev–Trinajstić information content (AvgIpc) is 3.10. The summed E-state index contributed by atoms with van der Waals surface area (Å²) in [7, 11) is -3.95. The normalized spacial score (nSPS) is 14.7. The van der Waals surface area contributed by atoms with E-state index in [1.165, 1.54) is 12.1 Å². The summed E-state index contributed by atoms with van der Waals surface area (Å²) in [6, 6.07) is 18.9. The Bertz CT molecular complexity index is 1400. The lowest BCUT2D eigenvalue weighted by Crippen LogP contribution is -2.29. The minimum atomic E-state index is -3.95. The number of sulfonamides is 1. The second kappa shape index (κ2) is 8.78. The third kappa shape index (κ3) is 4.34. The number of furan rings is 1. The van der Waals surface area contributed by atoms with Gasteiger partial charge in [0.1, 0.15) is 17.4 Å². The molecule has 0 saturated heterocycles. The second-order valence-corrected chi connectivity index (χ2v) is 10.1. The van der Waals surface area contributed by atoms with Crippen LogP contribution >= 0.6 is 12.6 Å². The van der Waals surface area contributed by atoms with Crippen molar-refractivity contribution in [2.24, 2.45) is 0 Å². The van der Waals surface area contributed by atoms with Gasteiger partial charge in [-0.05, 0) is 42.3 Å². The van der Waals surface area contributed by atoms with Crippen molar-refractivity contribution in [2.75, 3.05) is 13.2 Å². The molecule has 170 valence electrons. The number of para-hydroxylation sites is 1. The predicted octanol–water partition coefficient (Wildman–Crippen LogP) is 5.26. The lowest BCUT2D eigenvalue weighted by molar-refractivity contribution is 0.297. The summed E-state index contributed by atoms with van der Waals surface area (Å²) in [5.41, 5.74) is 2.32. The van der Waals surface area contributed by atoms with E-state index in [2.05, 4.69) is 17.4 Å². The maximum Gasteiger partial charge on any atom is 0.241 e. The third-order valence-electron chi connectivity index (χ3n) is 5.61. The van der Waals surface area contributed by atoms with Crippen molar-refractivity contribution in [1.29, 1.82) is 0 Å². The van der Waals surface area contributed by atoms with Gasteiger partial charge in [0, 0.05) is 22.8 Å². The summed E-state index contributed by atoms with van der Waals surface area (Å²) in [6.07, 6.45) is 0.737. The molecule has 0 bridgehead atoms. The predicted molar refractivity (Wildman–Crippen MR) is 129 cm³/mol. The summed E-state index contributed by atoms with van der Waals surface area (Å²) in [5.74, 6) is 1.44. The number of hydrogen-bond donors (Lipinski definition) is 2. The van der Waals surface area contributed by atoms with Gasteiger partial charge in [0.15, 0.2) is 11.5 Å². The number of aryl methyl sites for hydroxylation is 1. The van der Waals surface area contributed by atoms with Crippen molar-refractivity contribution < 1.29 is 22.3 Å². The molecule has 33 heavy (non-hydrogen) atoms. The number of hydrogen-bond acceptors (Lipinski definition) is 6. The summed E-state index contributed by atoms with van der Waals surface area (Å²) in [5, 5.41) is 0.889. The molecule has 0 spiro atoms. The molecule has 1 aliphatic heterocycles. The molecule has 0 aliphatic carbocycles. The van der Waals surface area contributed by atoms with Crippen molar-refractivity contribution in [1.82, 2.24) is 4.72 Å². The molecule has 6 nitrogen and oxygen atoms in total. The monoisotopic (exact) mass is 481 g/mol. The van der Waals surface area contributed by atoms with E-state index in [-0.39, 0.29) is 4.90 Å². The zero-order chi connectivity index (χ0) is 23.0. The number of thiol groups is 1. The molecular formula is C25H23NO5S2. The Morgan fingerprint density at radius 2 is 1.73 bits per heavy atom. The highest BCUT2D eigenvalue weighted by atomic mass is 32.2. The fourth-order valence-corrected chi connectivity index (χ4v) is 5.35. The molecule has 1 unspecified atom stereocenters. The molecule has 0 amide bonds. The van der Waals surface area contributed by atoms with Crippen LogP contribution < -0.4 is 14.2 Å². The van der Waals surface area contributed by atoms with Gasteiger partial charge in [-0.2, -0.15) is 4.72 Å². The fraction of sp³-hybridized carbons (Fsp3) is 0.200. The van der Waals surface area contributed by atoms with Crippen LogP contribution in [0.15, 0.2) is 80.9 Å². The Morgan fingerprint density at radius 1 is 0.939 bits per heavy atom. The maximum atomic E-state index is 13.5. The van der Waals surface area contributed by atoms with E-state index in [1.54, 1.807) is 6.07 Å². The second-order valence-electron chi connectivity index (χ2n) is 7.91. The molecule has 1 aromatic heterocycles. The molecule has 3 aromatic carbocycles. The lowest BCUT2D eigenvalue weighted by Gasteiger charge is -2.20. The molecule has 8 heteroatoms. The van der Waals surface area contributed by atoms with Crippen molar-refractivity contribution in [2.45, 2.75) is 29.2 Å². The average molecular weight is 482 g/mol. The molecule has 0 fully saturated rings. The molecule has 5 rings (SSSR count). The number of rotatable bonds is 5. The molecule has 1 atom stereocenters. The van der Waals surface area contributed by atoms with Crippen LogP contribution in [-0.2, 0) is 10.0 Å². The van der Waals surface area contributed by atoms with Gasteiger partial charge < -0.3 is 13.9 Å². The van der Waals surface area contributed by atoms with E-state index in [0.29, 0.717) is 46.5 Å². The van der Waals surface area contributed by atoms with Gasteiger partial charge in [-0.25, -0.2) is 8.42 Å². The van der Waals surface area contributed by atoms with Crippen molar-refractivity contribution >= 4 is 33.6 Å². The molecule has 1 aliphatic rings. The maximum absolute atomic E-state index is 13.5. The zero-order valence-corrected chi connectivity index (χ0v) is 19.7. The SMILES string of the molecule is Cc1cccc(C(NS(=O)(=O)c2ccc3c(c2)OCCCO3)c2cc3ccccc3o2)c1S. The zero-order valence-electron chi connectivity index (χ0n) is 17.9. The molecule has 0 saturated carbocycles. The van der Waals surface area contributed by atoms with E-state index in [9.17, 15) is 8.42 Å². The highest BCUT2D eigenvalue weighted by Gasteiger charge is 2.28. The quantitative estimate of drug-likeness (QED) is 0.380. The number of fused-ring (bicyclic) bond motifs is 2. The van der Waals surface area contributed by atoms with E-state index < -0.39 is 16.1 Å². The third-order valence-corrected chi connectivity index (χ3v) is 7.64. The van der Waals surface area contributed by atoms with Crippen LogP contribution in [-0.4, -0.2) is 21.6 Å². The summed E-state index contributed by atoms with van der Waals surface area (Å²) in [4.78, 5) is 0.783. The van der Waals surface area contributed by atoms with Gasteiger partial charge in [-0.15, -0.1) is 12.6 Å². The Labute approximate surface area is 198 Å². The van der Waals surface area contributed by atoms with Gasteiger partial charge in [0.2, 0.25) is 10.0 Å². The van der Waals surface area contributed by atoms with Gasteiger partial charge in [-0.3, -0.25) is 0 Å². The highest BCUT2D eigenvalue weighted by Crippen LogP contribution is 2.36. The van der Waals surface area contributed by atoms with E-state index in [1.807, 2.05) is 55.5 Å². The fourth-order valence-electron chi connectivity index (χ4n) is 3.87. The van der Waals surface area contributed by atoms with Gasteiger partial charge in [0.05, 0.1) is 18.1 Å². The van der Waals surface area contributed by atoms with Crippen molar-refractivity contribution in [3.63, 3.8) is 0 Å². The molecule has 4 aromatic rings. The molecule has 2 heterocycles. The van der Waals surface area contributed by atoms with E-state index in [4.69, 9.17) is 13.9 Å². The van der Waals surface area contributed by atoms with Gasteiger partial charge in [-0.1, -0.05) is 36.4 Å². The minimum absolute atomic E-state index is 0.0845. The standard InChI is InChI=1S/C25H23NO5S2/c1-16-6-4-8-19(25(16)32)24(23-14-17-7-2-3-9-20(17)31-23)26-33(27,28)18-10-11-21-22(15-18)30-13-5-12-29-21/h2-4,6-11,14-15,24,26,32H,5,12-13H2,1H3. The Hall–Kier alpha value is -2.94. The lowest BCUT2D eigenvalue weighted by atomic mass is 10.0. The van der Waals surface area contributed by atoms with Crippen LogP contribution in [0.1, 0.15) is 29.3 Å². The summed E-state index contributed by atoms with van der Waals surface area (Å²) >= 11 is 4.66. The Kier molecular flexibility index (Phi) is 5.82. The Morgan fingerprint density at radius 3 is 2.55 bits per heavy atom. The first-order chi connectivity index (χ1) is 15.9. The number of ether oxygens (including phenoxy) is 2. The van der Waals surface area contributed by atoms with Gasteiger partial charge in [0.25, 0.3) is 0 Å². The van der Waals surface area contributed by atoms with E-state index in [0.717, 1.165) is 17.4 Å². The largest absolute Gasteiger partial charge is 0.490 e. The van der Waals surface area contributed by atoms with Crippen LogP contribution in [0.3, 0.4) is 0 Å². The number of benzene rings is 3. The topological polar surface area (TPSA) is 77.8 Å². The van der Waals surface area contributed by atoms with Crippen LogP contribution in [0.5, 0.6) is 11.5 Å². The summed E-state index contributed by atoms with van der Waals surface area (Å²) < 4.78 is 47.2. The van der Waals surface area contributed by atoms with Crippen molar-refractivity contribution in [3.05, 3.63) is 83.6 Å². The first-order valence-corrected chi connectivity index (χ1v) is 12.5. The smallest absolute Gasteiger partial charge is 0.241 e. The van der Waals surface area contributed by atoms with Crippen LogP contribution in [0.2, 0.25) is 0 Å². The minimum Gasteiger partial charge on any atom is -0.490 e. The van der Waals surface area contributed by atoms with Crippen LogP contribution in [0, 0.1) is 6.92 Å². The van der Waals surface area contributed by atoms with Crippen LogP contribution in [0.4, 0.5) is 0 Å². The number of nitrogens with one attached hydrogen (secondary N) is 1. The van der Waals surface area contributed by atoms with E-state index >= 15 is 0 Å². The first-order valence-electron chi connectivity index (χ1n) is 10.6. The molecular weight excluding hydrogens is 458 g/mol. The molecule has 1 N–H and O–H groups in total.